The van der Waals surface area contributed by atoms with E-state index < -0.39 is 5.31 Å². The molecule has 1 unspecified atom stereocenters. The number of benzene rings is 3. The molecule has 0 spiro atoms. The Hall–Kier alpha value is -1.69. The Bertz CT molecular complexity index is 788. The van der Waals surface area contributed by atoms with Crippen molar-refractivity contribution in [1.82, 2.24) is 0 Å². The summed E-state index contributed by atoms with van der Waals surface area (Å²) in [5, 5.41) is 1.50. The topological polar surface area (TPSA) is 0 Å². The molecule has 0 heterocycles. The molecule has 1 aliphatic carbocycles. The molecule has 2 heteroatoms. The standard InChI is InChI=1S/C24H24BrP/c25-26(21-13-5-1-6-14-21,22-15-7-2-8-16-22,23-17-9-3-10-18-23)24-19-11-4-12-20-24/h1-11,13-18,24H,12,19-20H2. The van der Waals surface area contributed by atoms with Crippen LogP contribution in [-0.4, -0.2) is 5.66 Å². The molecular formula is C24H24BrP. The van der Waals surface area contributed by atoms with Crippen LogP contribution in [0.2, 0.25) is 0 Å². The second-order valence-corrected chi connectivity index (χ2v) is 15.9. The minimum absolute atomic E-state index is 0.554. The first-order valence-electron chi connectivity index (χ1n) is 9.30. The summed E-state index contributed by atoms with van der Waals surface area (Å²) in [4.78, 5) is 0. The summed E-state index contributed by atoms with van der Waals surface area (Å²) < 4.78 is 0. The molecule has 0 amide bonds. The molecule has 0 aliphatic heterocycles. The van der Waals surface area contributed by atoms with Gasteiger partial charge in [0.15, 0.2) is 0 Å². The van der Waals surface area contributed by atoms with Gasteiger partial charge in [-0.05, 0) is 0 Å². The number of allylic oxidation sites excluding steroid dienone is 2. The van der Waals surface area contributed by atoms with Crippen molar-refractivity contribution in [3.05, 3.63) is 103 Å². The van der Waals surface area contributed by atoms with Crippen molar-refractivity contribution in [3.8, 4) is 0 Å². The molecule has 26 heavy (non-hydrogen) atoms. The van der Waals surface area contributed by atoms with E-state index in [-0.39, 0.29) is 0 Å². The molecule has 0 aromatic heterocycles. The molecule has 0 nitrogen and oxygen atoms in total. The molecular weight excluding hydrogens is 399 g/mol. The fraction of sp³-hybridized carbons (Fsp3) is 0.167. The Morgan fingerprint density at radius 2 is 1.04 bits per heavy atom. The second-order valence-electron chi connectivity index (χ2n) is 7.02. The van der Waals surface area contributed by atoms with E-state index in [1.54, 1.807) is 0 Å². The van der Waals surface area contributed by atoms with Crippen LogP contribution in [0.5, 0.6) is 0 Å². The van der Waals surface area contributed by atoms with Crippen molar-refractivity contribution in [2.75, 3.05) is 0 Å². The van der Waals surface area contributed by atoms with Crippen molar-refractivity contribution in [2.24, 2.45) is 0 Å². The zero-order chi connectivity index (χ0) is 17.9. The van der Waals surface area contributed by atoms with E-state index in [9.17, 15) is 0 Å². The fourth-order valence-corrected chi connectivity index (χ4v) is 13.3. The van der Waals surface area contributed by atoms with Crippen LogP contribution in [0.4, 0.5) is 0 Å². The van der Waals surface area contributed by atoms with Crippen LogP contribution < -0.4 is 15.9 Å². The van der Waals surface area contributed by atoms with Gasteiger partial charge in [0.05, 0.1) is 0 Å². The Labute approximate surface area is 164 Å². The van der Waals surface area contributed by atoms with Gasteiger partial charge in [0.25, 0.3) is 0 Å². The van der Waals surface area contributed by atoms with E-state index in [0.29, 0.717) is 5.66 Å². The zero-order valence-electron chi connectivity index (χ0n) is 14.8. The van der Waals surface area contributed by atoms with E-state index in [1.165, 1.54) is 22.3 Å². The van der Waals surface area contributed by atoms with Gasteiger partial charge >= 0.3 is 165 Å². The normalized spacial score (nSPS) is 18.8. The maximum atomic E-state index is 4.58. The van der Waals surface area contributed by atoms with Crippen molar-refractivity contribution in [2.45, 2.75) is 24.9 Å². The second kappa shape index (κ2) is 7.14. The van der Waals surface area contributed by atoms with Crippen molar-refractivity contribution >= 4 is 36.7 Å². The van der Waals surface area contributed by atoms with E-state index in [4.69, 9.17) is 0 Å². The summed E-state index contributed by atoms with van der Waals surface area (Å²) in [7, 11) is 0. The third kappa shape index (κ3) is 2.61. The first kappa shape index (κ1) is 17.7. The average molecular weight is 423 g/mol. The van der Waals surface area contributed by atoms with E-state index >= 15 is 0 Å². The third-order valence-electron chi connectivity index (χ3n) is 5.71. The summed E-state index contributed by atoms with van der Waals surface area (Å²) in [5.41, 5.74) is 0.554. The number of hydrogen-bond donors (Lipinski definition) is 0. The average Bonchev–Trinajstić information content (AvgIpc) is 2.76. The van der Waals surface area contributed by atoms with Gasteiger partial charge in [0.1, 0.15) is 0 Å². The predicted molar refractivity (Wildman–Crippen MR) is 121 cm³/mol. The Morgan fingerprint density at radius 3 is 1.38 bits per heavy atom. The van der Waals surface area contributed by atoms with Crippen LogP contribution >= 0.6 is 20.8 Å². The van der Waals surface area contributed by atoms with Gasteiger partial charge in [-0.25, -0.2) is 0 Å². The van der Waals surface area contributed by atoms with Gasteiger partial charge in [0, 0.05) is 0 Å². The molecule has 0 N–H and O–H groups in total. The SMILES string of the molecule is BrP(c1ccccc1)(c1ccccc1)(c1ccccc1)C1CC=CCC1. The number of rotatable bonds is 4. The van der Waals surface area contributed by atoms with Gasteiger partial charge in [0.2, 0.25) is 0 Å². The van der Waals surface area contributed by atoms with Crippen LogP contribution in [0.3, 0.4) is 0 Å². The zero-order valence-corrected chi connectivity index (χ0v) is 17.3. The van der Waals surface area contributed by atoms with E-state index in [1.807, 2.05) is 0 Å². The van der Waals surface area contributed by atoms with Crippen molar-refractivity contribution < 1.29 is 0 Å². The summed E-state index contributed by atoms with van der Waals surface area (Å²) >= 11 is 4.58. The fourth-order valence-electron chi connectivity index (χ4n) is 4.46. The Kier molecular flexibility index (Phi) is 4.86. The molecule has 0 saturated carbocycles. The van der Waals surface area contributed by atoms with Crippen LogP contribution in [0, 0.1) is 0 Å². The van der Waals surface area contributed by atoms with Gasteiger partial charge < -0.3 is 0 Å². The summed E-state index contributed by atoms with van der Waals surface area (Å²) in [5.74, 6) is 0. The first-order chi connectivity index (χ1) is 12.7. The molecule has 0 fully saturated rings. The summed E-state index contributed by atoms with van der Waals surface area (Å²) in [6.45, 7) is 0. The molecule has 1 atom stereocenters. The number of hydrogen-bond acceptors (Lipinski definition) is 0. The molecule has 0 saturated heterocycles. The number of halogens is 1. The third-order valence-corrected chi connectivity index (χ3v) is 16.9. The van der Waals surface area contributed by atoms with E-state index in [2.05, 4.69) is 119 Å². The Balaban J connectivity index is 2.12. The quantitative estimate of drug-likeness (QED) is 0.360. The van der Waals surface area contributed by atoms with Crippen molar-refractivity contribution in [1.29, 1.82) is 0 Å². The van der Waals surface area contributed by atoms with Crippen LogP contribution in [0.25, 0.3) is 0 Å². The summed E-state index contributed by atoms with van der Waals surface area (Å²) in [6.07, 6.45) is 8.19. The van der Waals surface area contributed by atoms with Gasteiger partial charge in [-0.1, -0.05) is 0 Å². The minimum atomic E-state index is -2.78. The van der Waals surface area contributed by atoms with Gasteiger partial charge in [-0.15, -0.1) is 0 Å². The Morgan fingerprint density at radius 1 is 0.615 bits per heavy atom. The van der Waals surface area contributed by atoms with Gasteiger partial charge in [-0.3, -0.25) is 0 Å². The predicted octanol–water partition coefficient (Wildman–Crippen LogP) is 5.93. The van der Waals surface area contributed by atoms with Crippen LogP contribution in [0.15, 0.2) is 103 Å². The molecule has 3 aromatic carbocycles. The van der Waals surface area contributed by atoms with Crippen LogP contribution in [-0.2, 0) is 0 Å². The maximum absolute atomic E-state index is 4.58. The monoisotopic (exact) mass is 422 g/mol. The molecule has 0 radical (unpaired) electrons. The molecule has 132 valence electrons. The molecule has 3 aromatic rings. The molecule has 1 aliphatic rings. The first-order valence-corrected chi connectivity index (χ1v) is 13.6. The van der Waals surface area contributed by atoms with Crippen LogP contribution in [0.1, 0.15) is 19.3 Å². The van der Waals surface area contributed by atoms with Gasteiger partial charge in [-0.2, -0.15) is 0 Å². The summed E-state index contributed by atoms with van der Waals surface area (Å²) in [6, 6.07) is 33.4. The van der Waals surface area contributed by atoms with E-state index in [0.717, 1.165) is 12.8 Å². The molecule has 0 bridgehead atoms. The van der Waals surface area contributed by atoms with Crippen molar-refractivity contribution in [3.63, 3.8) is 0 Å². The molecule has 4 rings (SSSR count).